The number of unbranched alkanes of at least 4 members (excludes halogenated alkanes) is 1. The third-order valence-electron chi connectivity index (χ3n) is 6.45. The molecule has 5 heteroatoms. The number of nitrogens with one attached hydrogen (secondary N) is 1. The predicted molar refractivity (Wildman–Crippen MR) is 130 cm³/mol. The van der Waals surface area contributed by atoms with Gasteiger partial charge in [0.25, 0.3) is 5.91 Å². The van der Waals surface area contributed by atoms with Gasteiger partial charge in [-0.15, -0.1) is 0 Å². The van der Waals surface area contributed by atoms with Crippen LogP contribution in [0.2, 0.25) is 0 Å². The summed E-state index contributed by atoms with van der Waals surface area (Å²) in [5.41, 5.74) is 2.96. The molecule has 1 fully saturated rings. The SMILES string of the molecule is CCCCc1ccc(COc2ccc(C(=O)N[C@@H](CC3CCCCC3)C(=O)OC)cc2)cc1. The zero-order valence-electron chi connectivity index (χ0n) is 20.0. The molecule has 0 saturated heterocycles. The van der Waals surface area contributed by atoms with E-state index >= 15 is 0 Å². The molecule has 178 valence electrons. The average Bonchev–Trinajstić information content (AvgIpc) is 2.86. The zero-order chi connectivity index (χ0) is 23.5. The maximum atomic E-state index is 12.8. The maximum absolute atomic E-state index is 12.8. The second kappa shape index (κ2) is 13.0. The molecule has 0 aliphatic heterocycles. The highest BCUT2D eigenvalue weighted by Crippen LogP contribution is 2.27. The van der Waals surface area contributed by atoms with Gasteiger partial charge in [-0.05, 0) is 60.6 Å². The van der Waals surface area contributed by atoms with E-state index in [-0.39, 0.29) is 11.9 Å². The summed E-state index contributed by atoms with van der Waals surface area (Å²) in [6.07, 6.45) is 10.0. The number of esters is 1. The Hall–Kier alpha value is -2.82. The quantitative estimate of drug-likeness (QED) is 0.435. The van der Waals surface area contributed by atoms with E-state index in [1.54, 1.807) is 24.3 Å². The van der Waals surface area contributed by atoms with Gasteiger partial charge in [0.15, 0.2) is 0 Å². The maximum Gasteiger partial charge on any atom is 0.328 e. The van der Waals surface area contributed by atoms with E-state index in [1.807, 2.05) is 0 Å². The molecule has 0 spiro atoms. The number of hydrogen-bond acceptors (Lipinski definition) is 4. The molecule has 33 heavy (non-hydrogen) atoms. The van der Waals surface area contributed by atoms with Gasteiger partial charge >= 0.3 is 5.97 Å². The monoisotopic (exact) mass is 451 g/mol. The van der Waals surface area contributed by atoms with Crippen molar-refractivity contribution >= 4 is 11.9 Å². The van der Waals surface area contributed by atoms with Crippen LogP contribution in [0.4, 0.5) is 0 Å². The van der Waals surface area contributed by atoms with Gasteiger partial charge in [0, 0.05) is 5.56 Å². The third-order valence-corrected chi connectivity index (χ3v) is 6.45. The third kappa shape index (κ3) is 7.92. The molecule has 0 bridgehead atoms. The molecule has 1 aliphatic rings. The fraction of sp³-hybridized carbons (Fsp3) is 0.500. The van der Waals surface area contributed by atoms with E-state index in [4.69, 9.17) is 9.47 Å². The van der Waals surface area contributed by atoms with Crippen LogP contribution >= 0.6 is 0 Å². The highest BCUT2D eigenvalue weighted by Gasteiger charge is 2.26. The minimum atomic E-state index is -0.609. The van der Waals surface area contributed by atoms with Crippen LogP contribution in [0.3, 0.4) is 0 Å². The lowest BCUT2D eigenvalue weighted by Crippen LogP contribution is -2.43. The van der Waals surface area contributed by atoms with Crippen molar-refractivity contribution in [3.63, 3.8) is 0 Å². The molecule has 0 heterocycles. The van der Waals surface area contributed by atoms with Crippen LogP contribution in [-0.2, 0) is 22.6 Å². The van der Waals surface area contributed by atoms with Crippen LogP contribution in [-0.4, -0.2) is 25.0 Å². The summed E-state index contributed by atoms with van der Waals surface area (Å²) in [6, 6.07) is 15.0. The first-order valence-corrected chi connectivity index (χ1v) is 12.3. The van der Waals surface area contributed by atoms with E-state index in [0.717, 1.165) is 24.8 Å². The second-order valence-electron chi connectivity index (χ2n) is 9.02. The summed E-state index contributed by atoms with van der Waals surface area (Å²) in [5, 5.41) is 2.87. The van der Waals surface area contributed by atoms with Crippen molar-refractivity contribution in [2.75, 3.05) is 7.11 Å². The van der Waals surface area contributed by atoms with E-state index in [2.05, 4.69) is 36.5 Å². The van der Waals surface area contributed by atoms with Gasteiger partial charge in [-0.1, -0.05) is 69.7 Å². The van der Waals surface area contributed by atoms with Crippen molar-refractivity contribution < 1.29 is 19.1 Å². The van der Waals surface area contributed by atoms with Crippen LogP contribution in [0, 0.1) is 5.92 Å². The van der Waals surface area contributed by atoms with E-state index in [0.29, 0.717) is 30.3 Å². The molecule has 3 rings (SSSR count). The number of carbonyl (C=O) groups is 2. The van der Waals surface area contributed by atoms with Crippen molar-refractivity contribution in [1.29, 1.82) is 0 Å². The average molecular weight is 452 g/mol. The number of ether oxygens (including phenoxy) is 2. The zero-order valence-corrected chi connectivity index (χ0v) is 20.0. The van der Waals surface area contributed by atoms with Crippen molar-refractivity contribution in [1.82, 2.24) is 5.32 Å². The fourth-order valence-electron chi connectivity index (χ4n) is 4.41. The predicted octanol–water partition coefficient (Wildman–Crippen LogP) is 5.85. The largest absolute Gasteiger partial charge is 0.489 e. The lowest BCUT2D eigenvalue weighted by molar-refractivity contribution is -0.143. The second-order valence-corrected chi connectivity index (χ2v) is 9.02. The van der Waals surface area contributed by atoms with E-state index in [1.165, 1.54) is 44.8 Å². The Kier molecular flexibility index (Phi) is 9.79. The molecule has 0 radical (unpaired) electrons. The molecule has 2 aromatic carbocycles. The summed E-state index contributed by atoms with van der Waals surface area (Å²) in [7, 11) is 1.37. The summed E-state index contributed by atoms with van der Waals surface area (Å²) in [4.78, 5) is 25.0. The molecule has 1 atom stereocenters. The van der Waals surface area contributed by atoms with Gasteiger partial charge in [-0.2, -0.15) is 0 Å². The van der Waals surface area contributed by atoms with Crippen LogP contribution in [0.1, 0.15) is 79.8 Å². The van der Waals surface area contributed by atoms with Crippen LogP contribution in [0.15, 0.2) is 48.5 Å². The number of rotatable bonds is 11. The molecule has 2 aromatic rings. The first-order chi connectivity index (χ1) is 16.1. The van der Waals surface area contributed by atoms with Gasteiger partial charge in [-0.3, -0.25) is 4.79 Å². The van der Waals surface area contributed by atoms with Gasteiger partial charge < -0.3 is 14.8 Å². The summed E-state index contributed by atoms with van der Waals surface area (Å²) < 4.78 is 10.8. The molecule has 0 unspecified atom stereocenters. The van der Waals surface area contributed by atoms with Gasteiger partial charge in [0.1, 0.15) is 18.4 Å². The number of hydrogen-bond donors (Lipinski definition) is 1. The Morgan fingerprint density at radius 3 is 2.27 bits per heavy atom. The number of amides is 1. The standard InChI is InChI=1S/C28H37NO4/c1-3-4-8-21-11-13-23(14-12-21)20-33-25-17-15-24(16-18-25)27(30)29-26(28(31)32-2)19-22-9-6-5-7-10-22/h11-18,22,26H,3-10,19-20H2,1-2H3,(H,29,30)/t26-/m0/s1. The molecule has 1 aliphatic carbocycles. The van der Waals surface area contributed by atoms with E-state index < -0.39 is 6.04 Å². The first-order valence-electron chi connectivity index (χ1n) is 12.3. The molecule has 1 saturated carbocycles. The van der Waals surface area contributed by atoms with Crippen molar-refractivity contribution in [3.8, 4) is 5.75 Å². The number of carbonyl (C=O) groups excluding carboxylic acids is 2. The Labute approximate surface area is 197 Å². The van der Waals surface area contributed by atoms with Crippen LogP contribution in [0.5, 0.6) is 5.75 Å². The van der Waals surface area contributed by atoms with Crippen molar-refractivity contribution in [3.05, 3.63) is 65.2 Å². The molecule has 5 nitrogen and oxygen atoms in total. The number of aryl methyl sites for hydroxylation is 1. The van der Waals surface area contributed by atoms with Gasteiger partial charge in [-0.25, -0.2) is 4.79 Å². The normalized spacial score (nSPS) is 15.0. The molecule has 0 aromatic heterocycles. The van der Waals surface area contributed by atoms with Crippen LogP contribution < -0.4 is 10.1 Å². The molecular weight excluding hydrogens is 414 g/mol. The lowest BCUT2D eigenvalue weighted by Gasteiger charge is -2.25. The minimum Gasteiger partial charge on any atom is -0.489 e. The number of methoxy groups -OCH3 is 1. The van der Waals surface area contributed by atoms with Crippen molar-refractivity contribution in [2.45, 2.75) is 77.4 Å². The fourth-order valence-corrected chi connectivity index (χ4v) is 4.41. The lowest BCUT2D eigenvalue weighted by atomic mass is 9.85. The highest BCUT2D eigenvalue weighted by molar-refractivity contribution is 5.96. The van der Waals surface area contributed by atoms with Crippen molar-refractivity contribution in [2.24, 2.45) is 5.92 Å². The topological polar surface area (TPSA) is 64.6 Å². The molecule has 1 N–H and O–H groups in total. The molecular formula is C28H37NO4. The Morgan fingerprint density at radius 2 is 1.64 bits per heavy atom. The Balaban J connectivity index is 1.52. The summed E-state index contributed by atoms with van der Waals surface area (Å²) >= 11 is 0. The van der Waals surface area contributed by atoms with Gasteiger partial charge in [0.05, 0.1) is 7.11 Å². The minimum absolute atomic E-state index is 0.268. The summed E-state index contributed by atoms with van der Waals surface area (Å²) in [5.74, 6) is 0.512. The summed E-state index contributed by atoms with van der Waals surface area (Å²) in [6.45, 7) is 2.68. The smallest absolute Gasteiger partial charge is 0.328 e. The molecule has 1 amide bonds. The van der Waals surface area contributed by atoms with E-state index in [9.17, 15) is 9.59 Å². The highest BCUT2D eigenvalue weighted by atomic mass is 16.5. The first kappa shape index (κ1) is 24.8. The van der Waals surface area contributed by atoms with Gasteiger partial charge in [0.2, 0.25) is 0 Å². The number of benzene rings is 2. The Morgan fingerprint density at radius 1 is 0.970 bits per heavy atom. The van der Waals surface area contributed by atoms with Crippen LogP contribution in [0.25, 0.3) is 0 Å². The Bertz CT molecular complexity index is 870.